The van der Waals surface area contributed by atoms with Crippen LogP contribution in [0.2, 0.25) is 0 Å². The van der Waals surface area contributed by atoms with E-state index in [9.17, 15) is 9.59 Å². The van der Waals surface area contributed by atoms with Crippen LogP contribution < -0.4 is 16.8 Å². The van der Waals surface area contributed by atoms with Crippen LogP contribution in [-0.4, -0.2) is 29.5 Å². The lowest BCUT2D eigenvalue weighted by Gasteiger charge is -2.23. The summed E-state index contributed by atoms with van der Waals surface area (Å²) in [5.41, 5.74) is 13.0. The predicted octanol–water partition coefficient (Wildman–Crippen LogP) is 1.07. The average Bonchev–Trinajstić information content (AvgIpc) is 2.54. The number of nitrogens with two attached hydrogens (primary N) is 2. The maximum atomic E-state index is 12.0. The number of aliphatic carboxylic acids is 1. The second-order valence-electron chi connectivity index (χ2n) is 5.93. The third-order valence-corrected chi connectivity index (χ3v) is 3.86. The van der Waals surface area contributed by atoms with E-state index in [0.29, 0.717) is 18.7 Å². The van der Waals surface area contributed by atoms with Gasteiger partial charge in [0.1, 0.15) is 0 Å². The van der Waals surface area contributed by atoms with Crippen molar-refractivity contribution < 1.29 is 14.7 Å². The van der Waals surface area contributed by atoms with Crippen molar-refractivity contribution in [2.75, 3.05) is 11.9 Å². The summed E-state index contributed by atoms with van der Waals surface area (Å²) in [6, 6.07) is 5.61. The highest BCUT2D eigenvalue weighted by Crippen LogP contribution is 2.28. The topological polar surface area (TPSA) is 131 Å². The summed E-state index contributed by atoms with van der Waals surface area (Å²) in [6.07, 6.45) is 2.79. The highest BCUT2D eigenvalue weighted by Gasteiger charge is 2.27. The number of amides is 1. The highest BCUT2D eigenvalue weighted by molar-refractivity contribution is 5.97. The molecule has 1 aliphatic heterocycles. The summed E-state index contributed by atoms with van der Waals surface area (Å²) < 4.78 is 0. The van der Waals surface area contributed by atoms with E-state index in [1.165, 1.54) is 0 Å². The molecule has 7 nitrogen and oxygen atoms in total. The number of carbonyl (C=O) groups is 2. The first kappa shape index (κ1) is 18.3. The second-order valence-corrected chi connectivity index (χ2v) is 5.93. The van der Waals surface area contributed by atoms with Crippen molar-refractivity contribution in [1.82, 2.24) is 0 Å². The van der Waals surface area contributed by atoms with Gasteiger partial charge in [0, 0.05) is 24.2 Å². The number of fused-ring (bicyclic) bond motifs is 1. The summed E-state index contributed by atoms with van der Waals surface area (Å²) in [5, 5.41) is 11.6. The van der Waals surface area contributed by atoms with Gasteiger partial charge in [-0.15, -0.1) is 0 Å². The number of benzene rings is 1. The SMILES string of the molecule is NC(N)=NCCCCC#Cc1ccc2c(c1)NC(=O)C(CC(=O)O)C2. The van der Waals surface area contributed by atoms with Gasteiger partial charge in [0.15, 0.2) is 5.96 Å². The fourth-order valence-corrected chi connectivity index (χ4v) is 2.62. The smallest absolute Gasteiger partial charge is 0.304 e. The zero-order valence-corrected chi connectivity index (χ0v) is 13.9. The average molecular weight is 342 g/mol. The standard InChI is InChI=1S/C18H22N4O3/c19-18(20)21-8-4-2-1-3-5-12-6-7-13-10-14(11-16(23)24)17(25)22-15(13)9-12/h6-7,9,14H,1-2,4,8,10-11H2,(H,22,25)(H,23,24)(H4,19,20,21). The first-order chi connectivity index (χ1) is 12.0. The molecule has 1 aromatic carbocycles. The van der Waals surface area contributed by atoms with Gasteiger partial charge >= 0.3 is 5.97 Å². The van der Waals surface area contributed by atoms with Crippen molar-refractivity contribution in [3.05, 3.63) is 29.3 Å². The van der Waals surface area contributed by atoms with Gasteiger partial charge in [-0.3, -0.25) is 14.6 Å². The van der Waals surface area contributed by atoms with Crippen molar-refractivity contribution in [2.45, 2.75) is 32.1 Å². The van der Waals surface area contributed by atoms with E-state index in [2.05, 4.69) is 22.2 Å². The second kappa shape index (κ2) is 8.73. The third kappa shape index (κ3) is 5.84. The minimum Gasteiger partial charge on any atom is -0.481 e. The molecular weight excluding hydrogens is 320 g/mol. The maximum Gasteiger partial charge on any atom is 0.304 e. The van der Waals surface area contributed by atoms with Crippen molar-refractivity contribution in [1.29, 1.82) is 0 Å². The molecule has 0 saturated heterocycles. The van der Waals surface area contributed by atoms with Crippen molar-refractivity contribution in [3.63, 3.8) is 0 Å². The number of unbranched alkanes of at least 4 members (excludes halogenated alkanes) is 2. The van der Waals surface area contributed by atoms with Gasteiger partial charge in [0.05, 0.1) is 12.3 Å². The van der Waals surface area contributed by atoms with Crippen molar-refractivity contribution >= 4 is 23.5 Å². The number of guanidine groups is 1. The van der Waals surface area contributed by atoms with E-state index in [1.54, 1.807) is 0 Å². The molecule has 2 rings (SSSR count). The van der Waals surface area contributed by atoms with Gasteiger partial charge in [0.25, 0.3) is 0 Å². The number of hydrogen-bond donors (Lipinski definition) is 4. The van der Waals surface area contributed by atoms with Gasteiger partial charge in [0.2, 0.25) is 5.91 Å². The molecule has 6 N–H and O–H groups in total. The van der Waals surface area contributed by atoms with Crippen LogP contribution in [0.25, 0.3) is 0 Å². The van der Waals surface area contributed by atoms with Crippen LogP contribution in [0, 0.1) is 17.8 Å². The van der Waals surface area contributed by atoms with E-state index >= 15 is 0 Å². The molecule has 0 radical (unpaired) electrons. The molecule has 0 aromatic heterocycles. The van der Waals surface area contributed by atoms with Gasteiger partial charge in [-0.05, 0) is 37.0 Å². The molecule has 0 fully saturated rings. The molecule has 0 aliphatic carbocycles. The lowest BCUT2D eigenvalue weighted by Crippen LogP contribution is -2.31. The molecular formula is C18H22N4O3. The molecule has 1 atom stereocenters. The van der Waals surface area contributed by atoms with E-state index in [0.717, 1.165) is 30.4 Å². The van der Waals surface area contributed by atoms with Crippen LogP contribution in [0.5, 0.6) is 0 Å². The number of carboxylic acid groups (broad SMARTS) is 1. The fraction of sp³-hybridized carbons (Fsp3) is 0.389. The Morgan fingerprint density at radius 2 is 2.16 bits per heavy atom. The number of hydrogen-bond acceptors (Lipinski definition) is 3. The summed E-state index contributed by atoms with van der Waals surface area (Å²) in [7, 11) is 0. The summed E-state index contributed by atoms with van der Waals surface area (Å²) in [5.74, 6) is 4.53. The first-order valence-electron chi connectivity index (χ1n) is 8.15. The molecule has 0 saturated carbocycles. The molecule has 1 unspecified atom stereocenters. The highest BCUT2D eigenvalue weighted by atomic mass is 16.4. The van der Waals surface area contributed by atoms with Crippen LogP contribution in [0.1, 0.15) is 36.8 Å². The number of carbonyl (C=O) groups excluding carboxylic acids is 1. The lowest BCUT2D eigenvalue weighted by atomic mass is 9.90. The monoisotopic (exact) mass is 342 g/mol. The number of aliphatic imine (C=N–C) groups is 1. The Morgan fingerprint density at radius 1 is 1.36 bits per heavy atom. The number of nitrogens with zero attached hydrogens (tertiary/aromatic N) is 1. The number of carboxylic acids is 1. The zero-order valence-electron chi connectivity index (χ0n) is 13.9. The number of nitrogens with one attached hydrogen (secondary N) is 1. The molecule has 0 spiro atoms. The minimum atomic E-state index is -0.967. The molecule has 1 aromatic rings. The molecule has 1 heterocycles. The molecule has 132 valence electrons. The fourth-order valence-electron chi connectivity index (χ4n) is 2.62. The quantitative estimate of drug-likeness (QED) is 0.266. The Balaban J connectivity index is 1.91. The molecule has 1 aliphatic rings. The van der Waals surface area contributed by atoms with Gasteiger partial charge in [-0.1, -0.05) is 17.9 Å². The third-order valence-electron chi connectivity index (χ3n) is 3.86. The van der Waals surface area contributed by atoms with Crippen LogP contribution in [0.3, 0.4) is 0 Å². The lowest BCUT2D eigenvalue weighted by molar-refractivity contribution is -0.140. The van der Waals surface area contributed by atoms with Crippen LogP contribution >= 0.6 is 0 Å². The first-order valence-corrected chi connectivity index (χ1v) is 8.15. The zero-order chi connectivity index (χ0) is 18.2. The normalized spacial score (nSPS) is 15.4. The van der Waals surface area contributed by atoms with Gasteiger partial charge < -0.3 is 21.9 Å². The van der Waals surface area contributed by atoms with E-state index in [-0.39, 0.29) is 18.3 Å². The Bertz CT molecular complexity index is 742. The molecule has 0 bridgehead atoms. The van der Waals surface area contributed by atoms with Crippen molar-refractivity contribution in [2.24, 2.45) is 22.4 Å². The van der Waals surface area contributed by atoms with E-state index < -0.39 is 11.9 Å². The van der Waals surface area contributed by atoms with Crippen LogP contribution in [0.15, 0.2) is 23.2 Å². The Labute approximate surface area is 146 Å². The van der Waals surface area contributed by atoms with E-state index in [1.807, 2.05) is 18.2 Å². The van der Waals surface area contributed by atoms with Gasteiger partial charge in [-0.2, -0.15) is 0 Å². The summed E-state index contributed by atoms with van der Waals surface area (Å²) in [4.78, 5) is 26.7. The predicted molar refractivity (Wildman–Crippen MR) is 95.9 cm³/mol. The number of rotatable bonds is 6. The van der Waals surface area contributed by atoms with E-state index in [4.69, 9.17) is 16.6 Å². The maximum absolute atomic E-state index is 12.0. The number of anilines is 1. The molecule has 1 amide bonds. The Hall–Kier alpha value is -3.01. The molecule has 25 heavy (non-hydrogen) atoms. The van der Waals surface area contributed by atoms with Crippen molar-refractivity contribution in [3.8, 4) is 11.8 Å². The van der Waals surface area contributed by atoms with Gasteiger partial charge in [-0.25, -0.2) is 0 Å². The summed E-state index contributed by atoms with van der Waals surface area (Å²) in [6.45, 7) is 0.604. The van der Waals surface area contributed by atoms with Crippen LogP contribution in [-0.2, 0) is 16.0 Å². The molecule has 7 heteroatoms. The minimum absolute atomic E-state index is 0.104. The largest absolute Gasteiger partial charge is 0.481 e. The Kier molecular flexibility index (Phi) is 6.40. The van der Waals surface area contributed by atoms with Crippen LogP contribution in [0.4, 0.5) is 5.69 Å². The Morgan fingerprint density at radius 3 is 2.88 bits per heavy atom. The summed E-state index contributed by atoms with van der Waals surface area (Å²) >= 11 is 0.